The third kappa shape index (κ3) is 8.34. The Balaban J connectivity index is 1.76. The van der Waals surface area contributed by atoms with Gasteiger partial charge in [-0.15, -0.1) is 0 Å². The molecule has 1 heterocycles. The number of hydrogen-bond donors (Lipinski definition) is 1. The molecule has 0 aliphatic carbocycles. The van der Waals surface area contributed by atoms with Gasteiger partial charge in [0.2, 0.25) is 28.6 Å². The fourth-order valence-corrected chi connectivity index (χ4v) is 6.09. The van der Waals surface area contributed by atoms with Crippen molar-refractivity contribution in [2.24, 2.45) is 5.92 Å². The van der Waals surface area contributed by atoms with E-state index < -0.39 is 28.5 Å². The molecule has 9 nitrogen and oxygen atoms in total. The Bertz CT molecular complexity index is 1550. The average molecular weight is 649 g/mol. The van der Waals surface area contributed by atoms with E-state index in [1.807, 2.05) is 44.2 Å². The van der Waals surface area contributed by atoms with Crippen LogP contribution in [-0.4, -0.2) is 56.8 Å². The van der Waals surface area contributed by atoms with Crippen molar-refractivity contribution in [2.75, 3.05) is 29.9 Å². The van der Waals surface area contributed by atoms with Gasteiger partial charge in [-0.3, -0.25) is 13.9 Å². The zero-order valence-corrected chi connectivity index (χ0v) is 26.6. The van der Waals surface area contributed by atoms with Crippen LogP contribution >= 0.6 is 23.2 Å². The molecule has 1 aliphatic heterocycles. The van der Waals surface area contributed by atoms with Crippen molar-refractivity contribution in [1.82, 2.24) is 10.2 Å². The predicted octanol–water partition coefficient (Wildman–Crippen LogP) is 5.29. The fourth-order valence-electron chi connectivity index (χ4n) is 4.57. The molecule has 2 amide bonds. The van der Waals surface area contributed by atoms with E-state index >= 15 is 0 Å². The number of amides is 2. The number of carbonyl (C=O) groups is 2. The monoisotopic (exact) mass is 647 g/mol. The van der Waals surface area contributed by atoms with E-state index in [2.05, 4.69) is 5.32 Å². The van der Waals surface area contributed by atoms with Crippen LogP contribution in [0.1, 0.15) is 31.9 Å². The lowest BCUT2D eigenvalue weighted by Gasteiger charge is -2.34. The molecule has 0 radical (unpaired) electrons. The Kier molecular flexibility index (Phi) is 10.8. The molecule has 0 bridgehead atoms. The molecule has 230 valence electrons. The number of benzene rings is 3. The summed E-state index contributed by atoms with van der Waals surface area (Å²) in [4.78, 5) is 29.4. The van der Waals surface area contributed by atoms with Crippen LogP contribution < -0.4 is 19.1 Å². The number of fused-ring (bicyclic) bond motifs is 1. The second-order valence-corrected chi connectivity index (χ2v) is 13.6. The Labute approximate surface area is 262 Å². The van der Waals surface area contributed by atoms with Crippen molar-refractivity contribution in [3.8, 4) is 11.5 Å². The molecule has 1 atom stereocenters. The van der Waals surface area contributed by atoms with Crippen LogP contribution in [0.15, 0.2) is 66.7 Å². The number of anilines is 1. The van der Waals surface area contributed by atoms with Gasteiger partial charge in [0.25, 0.3) is 0 Å². The summed E-state index contributed by atoms with van der Waals surface area (Å²) in [5.74, 6) is -0.161. The van der Waals surface area contributed by atoms with Crippen molar-refractivity contribution < 1.29 is 27.5 Å². The molecule has 0 saturated carbocycles. The zero-order valence-electron chi connectivity index (χ0n) is 24.3. The number of nitrogens with zero attached hydrogens (tertiary/aromatic N) is 2. The fraction of sp³-hybridized carbons (Fsp3) is 0.355. The zero-order chi connectivity index (χ0) is 31.1. The van der Waals surface area contributed by atoms with E-state index in [9.17, 15) is 18.0 Å². The molecule has 0 fully saturated rings. The van der Waals surface area contributed by atoms with E-state index in [4.69, 9.17) is 32.7 Å². The summed E-state index contributed by atoms with van der Waals surface area (Å²) in [6, 6.07) is 18.0. The Morgan fingerprint density at radius 3 is 2.37 bits per heavy atom. The van der Waals surface area contributed by atoms with E-state index in [-0.39, 0.29) is 43.0 Å². The second-order valence-electron chi connectivity index (χ2n) is 10.5. The Morgan fingerprint density at radius 2 is 1.70 bits per heavy atom. The van der Waals surface area contributed by atoms with Gasteiger partial charge >= 0.3 is 0 Å². The molecule has 0 spiro atoms. The van der Waals surface area contributed by atoms with Crippen molar-refractivity contribution in [3.05, 3.63) is 87.9 Å². The third-order valence-electron chi connectivity index (χ3n) is 6.94. The minimum atomic E-state index is -3.93. The molecule has 12 heteroatoms. The lowest BCUT2D eigenvalue weighted by Crippen LogP contribution is -2.54. The van der Waals surface area contributed by atoms with Crippen molar-refractivity contribution in [2.45, 2.75) is 39.8 Å². The van der Waals surface area contributed by atoms with Gasteiger partial charge in [-0.05, 0) is 48.2 Å². The van der Waals surface area contributed by atoms with Gasteiger partial charge < -0.3 is 19.7 Å². The summed E-state index contributed by atoms with van der Waals surface area (Å²) in [6.07, 6.45) is 0.201. The first-order chi connectivity index (χ1) is 20.5. The Morgan fingerprint density at radius 1 is 0.977 bits per heavy atom. The predicted molar refractivity (Wildman–Crippen MR) is 168 cm³/mol. The molecule has 1 aliphatic rings. The quantitative estimate of drug-likeness (QED) is 0.270. The van der Waals surface area contributed by atoms with E-state index in [1.54, 1.807) is 30.3 Å². The smallest absolute Gasteiger partial charge is 0.244 e. The first-order valence-electron chi connectivity index (χ1n) is 13.9. The van der Waals surface area contributed by atoms with Gasteiger partial charge in [0, 0.05) is 35.6 Å². The molecule has 43 heavy (non-hydrogen) atoms. The van der Waals surface area contributed by atoms with Crippen molar-refractivity contribution in [1.29, 1.82) is 0 Å². The number of halogens is 2. The van der Waals surface area contributed by atoms with Gasteiger partial charge in [0.05, 0.1) is 11.4 Å². The average Bonchev–Trinajstić information content (AvgIpc) is 3.46. The molecule has 0 unspecified atom stereocenters. The molecule has 0 saturated heterocycles. The maximum atomic E-state index is 14.3. The maximum Gasteiger partial charge on any atom is 0.244 e. The number of ether oxygens (including phenoxy) is 2. The van der Waals surface area contributed by atoms with Crippen molar-refractivity contribution in [3.63, 3.8) is 0 Å². The number of nitrogens with one attached hydrogen (secondary N) is 1. The summed E-state index contributed by atoms with van der Waals surface area (Å²) < 4.78 is 38.6. The lowest BCUT2D eigenvalue weighted by atomic mass is 10.0. The molecule has 0 aromatic heterocycles. The highest BCUT2D eigenvalue weighted by molar-refractivity contribution is 7.92. The van der Waals surface area contributed by atoms with Gasteiger partial charge in [-0.25, -0.2) is 8.42 Å². The SMILES string of the molecule is CCS(=O)(=O)N(CC(=O)N(Cc1ccc(Cl)cc1Cl)[C@@H](Cc1ccccc1)C(=O)NCC(C)C)c1ccc2c(c1)OCO2. The van der Waals surface area contributed by atoms with Crippen LogP contribution in [0.25, 0.3) is 0 Å². The highest BCUT2D eigenvalue weighted by Gasteiger charge is 2.34. The number of hydrogen-bond acceptors (Lipinski definition) is 6. The minimum absolute atomic E-state index is 0.0144. The summed E-state index contributed by atoms with van der Waals surface area (Å²) >= 11 is 12.6. The minimum Gasteiger partial charge on any atom is -0.454 e. The van der Waals surface area contributed by atoms with E-state index in [0.717, 1.165) is 9.87 Å². The number of sulfonamides is 1. The van der Waals surface area contributed by atoms with Crippen LogP contribution in [0.5, 0.6) is 11.5 Å². The maximum absolute atomic E-state index is 14.3. The standard InChI is InChI=1S/C31H35Cl2N3O6S/c1-4-43(39,40)36(25-12-13-28-29(16-25)42-20-41-28)19-30(37)35(18-23-10-11-24(32)15-26(23)33)27(31(38)34-17-21(2)3)14-22-8-6-5-7-9-22/h5-13,15-16,21,27H,4,14,17-20H2,1-3H3,(H,34,38)/t27-/m0/s1. The lowest BCUT2D eigenvalue weighted by molar-refractivity contribution is -0.140. The number of rotatable bonds is 13. The van der Waals surface area contributed by atoms with E-state index in [1.165, 1.54) is 17.9 Å². The normalized spacial score (nSPS) is 13.1. The van der Waals surface area contributed by atoms with Gasteiger partial charge in [0.15, 0.2) is 11.5 Å². The largest absolute Gasteiger partial charge is 0.454 e. The first-order valence-corrected chi connectivity index (χ1v) is 16.3. The van der Waals surface area contributed by atoms with Gasteiger partial charge in [-0.2, -0.15) is 0 Å². The van der Waals surface area contributed by atoms with Crippen LogP contribution in [0, 0.1) is 5.92 Å². The van der Waals surface area contributed by atoms with Crippen molar-refractivity contribution >= 4 is 50.7 Å². The summed E-state index contributed by atoms with van der Waals surface area (Å²) in [5.41, 5.74) is 1.64. The van der Waals surface area contributed by atoms with E-state index in [0.29, 0.717) is 33.7 Å². The highest BCUT2D eigenvalue weighted by Crippen LogP contribution is 2.36. The molecule has 3 aromatic rings. The van der Waals surface area contributed by atoms with Gasteiger partial charge in [-0.1, -0.05) is 73.4 Å². The molecular weight excluding hydrogens is 613 g/mol. The molecule has 4 rings (SSSR count). The molecular formula is C31H35Cl2N3O6S. The Hall–Kier alpha value is -3.47. The summed E-state index contributed by atoms with van der Waals surface area (Å²) in [5, 5.41) is 3.69. The third-order valence-corrected chi connectivity index (χ3v) is 9.26. The highest BCUT2D eigenvalue weighted by atomic mass is 35.5. The molecule has 3 aromatic carbocycles. The van der Waals surface area contributed by atoms with Crippen LogP contribution in [0.4, 0.5) is 5.69 Å². The van der Waals surface area contributed by atoms with Crippen LogP contribution in [0.3, 0.4) is 0 Å². The van der Waals surface area contributed by atoms with Crippen LogP contribution in [-0.2, 0) is 32.6 Å². The van der Waals surface area contributed by atoms with Gasteiger partial charge in [0.1, 0.15) is 12.6 Å². The first kappa shape index (κ1) is 32.4. The summed E-state index contributed by atoms with van der Waals surface area (Å²) in [6.45, 7) is 5.26. The molecule has 1 N–H and O–H groups in total. The second kappa shape index (κ2) is 14.3. The topological polar surface area (TPSA) is 105 Å². The number of carbonyl (C=O) groups excluding carboxylic acids is 2. The van der Waals surface area contributed by atoms with Crippen LogP contribution in [0.2, 0.25) is 10.0 Å². The summed E-state index contributed by atoms with van der Waals surface area (Å²) in [7, 11) is -3.93.